The minimum atomic E-state index is -2.12. The lowest BCUT2D eigenvalue weighted by Crippen LogP contribution is -2.65. The highest BCUT2D eigenvalue weighted by molar-refractivity contribution is 6.09. The van der Waals surface area contributed by atoms with Gasteiger partial charge < -0.3 is 42.6 Å². The van der Waals surface area contributed by atoms with Crippen molar-refractivity contribution in [2.24, 2.45) is 27.9 Å². The van der Waals surface area contributed by atoms with Crippen LogP contribution < -0.4 is 28.3 Å². The molecule has 15 nitrogen and oxygen atoms in total. The fraction of sp³-hybridized carbons (Fsp3) is 0.455. The number of nitrogens with one attached hydrogen (secondary N) is 1. The number of carbonyl (C=O) groups excluding carboxylic acids is 5. The minimum absolute atomic E-state index is 0.0336. The van der Waals surface area contributed by atoms with Crippen molar-refractivity contribution in [1.29, 1.82) is 0 Å². The van der Waals surface area contributed by atoms with E-state index < -0.39 is 53.6 Å². The summed E-state index contributed by atoms with van der Waals surface area (Å²) in [7, 11) is 0. The zero-order chi connectivity index (χ0) is 34.7. The van der Waals surface area contributed by atoms with Crippen molar-refractivity contribution < 1.29 is 33.4 Å². The van der Waals surface area contributed by atoms with Crippen molar-refractivity contribution in [2.75, 3.05) is 13.1 Å². The lowest BCUT2D eigenvalue weighted by molar-refractivity contribution is -0.162. The number of esters is 1. The van der Waals surface area contributed by atoms with Crippen molar-refractivity contribution >= 4 is 35.7 Å². The minimum Gasteiger partial charge on any atom is -0.459 e. The maximum absolute atomic E-state index is 14.3. The highest BCUT2D eigenvalue weighted by Gasteiger charge is 2.51. The highest BCUT2D eigenvalue weighted by atomic mass is 16.6. The van der Waals surface area contributed by atoms with Crippen LogP contribution in [0.3, 0.4) is 0 Å². The van der Waals surface area contributed by atoms with E-state index in [9.17, 15) is 24.0 Å². The van der Waals surface area contributed by atoms with Crippen molar-refractivity contribution in [3.63, 3.8) is 0 Å². The van der Waals surface area contributed by atoms with Gasteiger partial charge in [-0.05, 0) is 62.6 Å². The van der Waals surface area contributed by atoms with Gasteiger partial charge in [0.15, 0.2) is 11.5 Å². The Morgan fingerprint density at radius 2 is 1.54 bits per heavy atom. The molecule has 0 aromatic heterocycles. The molecule has 1 unspecified atom stereocenters. The molecule has 2 aliphatic heterocycles. The highest BCUT2D eigenvalue weighted by Crippen LogP contribution is 2.28. The Bertz CT molecular complexity index is 1470. The molecular formula is C33H44N8O7. The molecule has 0 bridgehead atoms. The molecule has 2 heterocycles. The number of nitrogens with two attached hydrogens (primary N) is 4. The molecule has 4 amide bonds. The van der Waals surface area contributed by atoms with Crippen molar-refractivity contribution in [2.45, 2.75) is 81.9 Å². The molecule has 0 spiro atoms. The summed E-state index contributed by atoms with van der Waals surface area (Å²) >= 11 is 0. The number of nitrogens with zero attached hydrogens (tertiary/aromatic N) is 3. The second-order valence-electron chi connectivity index (χ2n) is 11.9. The SMILES string of the molecule is NCCCC[C@](N)(C(=O)OCc1ccccc1)C(=O)N1CCC[C@H]1C(=O)N(C(=O)OCc1ccccc1)[C@H]1CCC(N=C(N)N)NC1=O. The molecule has 4 atom stereocenters. The normalized spacial score (nSPS) is 20.2. The molecule has 4 rings (SSSR count). The van der Waals surface area contributed by atoms with Gasteiger partial charge in [0.1, 0.15) is 31.5 Å². The fourth-order valence-electron chi connectivity index (χ4n) is 5.84. The first kappa shape index (κ1) is 35.8. The molecule has 0 radical (unpaired) electrons. The van der Waals surface area contributed by atoms with Crippen LogP contribution >= 0.6 is 0 Å². The number of piperidine rings is 1. The number of benzene rings is 2. The molecule has 2 aliphatic rings. The number of imide groups is 1. The van der Waals surface area contributed by atoms with E-state index in [1.165, 1.54) is 4.90 Å². The quantitative estimate of drug-likeness (QED) is 0.0653. The van der Waals surface area contributed by atoms with Gasteiger partial charge in [-0.25, -0.2) is 19.5 Å². The fourth-order valence-corrected chi connectivity index (χ4v) is 5.84. The van der Waals surface area contributed by atoms with E-state index in [1.54, 1.807) is 54.6 Å². The lowest BCUT2D eigenvalue weighted by Gasteiger charge is -2.37. The van der Waals surface area contributed by atoms with Crippen LogP contribution in [0.1, 0.15) is 56.1 Å². The van der Waals surface area contributed by atoms with Gasteiger partial charge in [0.25, 0.3) is 11.8 Å². The van der Waals surface area contributed by atoms with Gasteiger partial charge in [-0.3, -0.25) is 14.4 Å². The second kappa shape index (κ2) is 16.7. The van der Waals surface area contributed by atoms with Crippen LogP contribution in [0.25, 0.3) is 0 Å². The molecular weight excluding hydrogens is 620 g/mol. The van der Waals surface area contributed by atoms with Gasteiger partial charge in [-0.2, -0.15) is 0 Å². The summed E-state index contributed by atoms with van der Waals surface area (Å²) in [6, 6.07) is 15.3. The Morgan fingerprint density at radius 1 is 0.917 bits per heavy atom. The largest absolute Gasteiger partial charge is 0.459 e. The van der Waals surface area contributed by atoms with Gasteiger partial charge >= 0.3 is 12.1 Å². The Labute approximate surface area is 278 Å². The van der Waals surface area contributed by atoms with Crippen LogP contribution in [0.4, 0.5) is 4.79 Å². The average Bonchev–Trinajstić information content (AvgIpc) is 3.57. The van der Waals surface area contributed by atoms with E-state index in [2.05, 4.69) is 10.3 Å². The molecule has 2 saturated heterocycles. The predicted octanol–water partition coefficient (Wildman–Crippen LogP) is 0.591. The molecule has 2 aromatic carbocycles. The molecule has 0 saturated carbocycles. The van der Waals surface area contributed by atoms with Crippen LogP contribution in [0.2, 0.25) is 0 Å². The summed E-state index contributed by atoms with van der Waals surface area (Å²) in [5.74, 6) is -3.49. The zero-order valence-electron chi connectivity index (χ0n) is 26.8. The van der Waals surface area contributed by atoms with Crippen molar-refractivity contribution in [3.8, 4) is 0 Å². The van der Waals surface area contributed by atoms with Gasteiger partial charge in [0, 0.05) is 6.54 Å². The summed E-state index contributed by atoms with van der Waals surface area (Å²) in [5, 5.41) is 2.62. The predicted molar refractivity (Wildman–Crippen MR) is 175 cm³/mol. The number of hydrogen-bond donors (Lipinski definition) is 5. The first-order chi connectivity index (χ1) is 23.0. The Hall–Kier alpha value is -5.02. The van der Waals surface area contributed by atoms with Crippen molar-refractivity contribution in [1.82, 2.24) is 15.1 Å². The molecule has 0 aliphatic carbocycles. The number of carbonyl (C=O) groups is 5. The third-order valence-corrected chi connectivity index (χ3v) is 8.36. The second-order valence-corrected chi connectivity index (χ2v) is 11.9. The number of amides is 4. The average molecular weight is 665 g/mol. The van der Waals surface area contributed by atoms with Gasteiger partial charge in [-0.15, -0.1) is 0 Å². The van der Waals surface area contributed by atoms with E-state index in [0.29, 0.717) is 36.9 Å². The molecule has 9 N–H and O–H groups in total. The van der Waals surface area contributed by atoms with Gasteiger partial charge in [0.2, 0.25) is 5.91 Å². The lowest BCUT2D eigenvalue weighted by atomic mass is 9.91. The molecule has 15 heteroatoms. The number of rotatable bonds is 13. The third-order valence-electron chi connectivity index (χ3n) is 8.36. The Morgan fingerprint density at radius 3 is 2.12 bits per heavy atom. The molecule has 258 valence electrons. The molecule has 2 aromatic rings. The monoisotopic (exact) mass is 664 g/mol. The van der Waals surface area contributed by atoms with Gasteiger partial charge in [-0.1, -0.05) is 60.7 Å². The summed E-state index contributed by atoms with van der Waals surface area (Å²) in [4.78, 5) is 74.8. The number of ether oxygens (including phenoxy) is 2. The van der Waals surface area contributed by atoms with E-state index in [-0.39, 0.29) is 51.4 Å². The van der Waals surface area contributed by atoms with E-state index in [0.717, 1.165) is 4.90 Å². The smallest absolute Gasteiger partial charge is 0.417 e. The summed E-state index contributed by atoms with van der Waals surface area (Å²) in [5.41, 5.74) is 22.4. The van der Waals surface area contributed by atoms with Gasteiger partial charge in [0.05, 0.1) is 0 Å². The number of guanidine groups is 1. The maximum atomic E-state index is 14.3. The van der Waals surface area contributed by atoms with Crippen molar-refractivity contribution in [3.05, 3.63) is 71.8 Å². The van der Waals surface area contributed by atoms with Crippen LogP contribution in [0, 0.1) is 0 Å². The van der Waals surface area contributed by atoms with Crippen LogP contribution in [0.5, 0.6) is 0 Å². The van der Waals surface area contributed by atoms with Crippen LogP contribution in [-0.2, 0) is 41.9 Å². The number of likely N-dealkylation sites (tertiary alicyclic amines) is 1. The number of unbranched alkanes of at least 4 members (excludes halogenated alkanes) is 1. The first-order valence-corrected chi connectivity index (χ1v) is 16.0. The maximum Gasteiger partial charge on any atom is 0.417 e. The zero-order valence-corrected chi connectivity index (χ0v) is 26.8. The van der Waals surface area contributed by atoms with E-state index in [4.69, 9.17) is 32.4 Å². The van der Waals surface area contributed by atoms with Crippen LogP contribution in [0.15, 0.2) is 65.7 Å². The summed E-state index contributed by atoms with van der Waals surface area (Å²) < 4.78 is 11.0. The molecule has 2 fully saturated rings. The van der Waals surface area contributed by atoms with Crippen LogP contribution in [-0.4, -0.2) is 82.4 Å². The van der Waals surface area contributed by atoms with E-state index >= 15 is 0 Å². The first-order valence-electron chi connectivity index (χ1n) is 16.0. The Kier molecular flexibility index (Phi) is 12.5. The summed E-state index contributed by atoms with van der Waals surface area (Å²) in [6.45, 7) is 0.140. The standard InChI is InChI=1S/C33H44N8O7/c34-18-8-7-17-33(37,30(45)47-20-22-10-3-1-4-11-22)29(44)40-19-9-14-25(40)28(43)41(32(46)48-21-23-12-5-2-6-13-23)24-15-16-26(38-27(24)42)39-31(35)36/h1-6,10-13,24-26H,7-9,14-21,34,37H2,(H,38,42)(H4,35,36,39)/t24-,25-,26?,33+/m0/s1. The Balaban J connectivity index is 1.59. The molecule has 48 heavy (non-hydrogen) atoms. The number of hydrogen-bond acceptors (Lipinski definition) is 10. The van der Waals surface area contributed by atoms with E-state index in [1.807, 2.05) is 6.07 Å². The third kappa shape index (κ3) is 8.86. The topological polar surface area (TPSA) is 239 Å². The number of aliphatic imine (C=N–C) groups is 1. The summed E-state index contributed by atoms with van der Waals surface area (Å²) in [6.07, 6.45) is -0.229.